The van der Waals surface area contributed by atoms with E-state index in [4.69, 9.17) is 0 Å². The molecule has 2 heterocycles. The quantitative estimate of drug-likeness (QED) is 0.485. The molecule has 9 nitrogen and oxygen atoms in total. The van der Waals surface area contributed by atoms with Gasteiger partial charge in [0.1, 0.15) is 4.90 Å². The Balaban J connectivity index is 2.19. The van der Waals surface area contributed by atoms with Crippen LogP contribution in [-0.2, 0) is 16.7 Å². The van der Waals surface area contributed by atoms with E-state index >= 15 is 0 Å². The van der Waals surface area contributed by atoms with Crippen LogP contribution in [0, 0.1) is 0 Å². The Hall–Kier alpha value is -3.37. The van der Waals surface area contributed by atoms with Crippen molar-refractivity contribution < 1.29 is 13.0 Å². The Labute approximate surface area is 156 Å². The number of benzene rings is 2. The summed E-state index contributed by atoms with van der Waals surface area (Å²) in [6.45, 7) is 1.77. The second kappa shape index (κ2) is 5.81. The van der Waals surface area contributed by atoms with Crippen LogP contribution >= 0.6 is 0 Å². The maximum absolute atomic E-state index is 12.8. The van der Waals surface area contributed by atoms with E-state index in [2.05, 4.69) is 0 Å². The van der Waals surface area contributed by atoms with Crippen LogP contribution in [0.5, 0.6) is 0 Å². The highest BCUT2D eigenvalue weighted by Crippen LogP contribution is 2.20. The Morgan fingerprint density at radius 2 is 1.29 bits per heavy atom. The van der Waals surface area contributed by atoms with Crippen molar-refractivity contribution in [3.05, 3.63) is 77.8 Å². The maximum atomic E-state index is 12.8. The molecule has 4 rings (SSSR count). The van der Waals surface area contributed by atoms with Gasteiger partial charge in [-0.05, 0) is 31.2 Å². The third kappa shape index (κ3) is 2.31. The number of hydrogen-bond donors (Lipinski definition) is 1. The Morgan fingerprint density at radius 3 is 1.75 bits per heavy atom. The predicted octanol–water partition coefficient (Wildman–Crippen LogP) is 0.168. The molecule has 0 amide bonds. The first-order valence-corrected chi connectivity index (χ1v) is 9.60. The summed E-state index contributed by atoms with van der Waals surface area (Å²) in [6, 6.07) is 7.34. The molecule has 0 aliphatic heterocycles. The van der Waals surface area contributed by atoms with Crippen molar-refractivity contribution in [2.45, 2.75) is 18.4 Å². The number of para-hydroxylation sites is 1. The third-order valence-corrected chi connectivity index (χ3v) is 5.58. The van der Waals surface area contributed by atoms with Gasteiger partial charge in [0.15, 0.2) is 0 Å². The zero-order chi connectivity index (χ0) is 20.4. The molecule has 2 aromatic carbocycles. The van der Waals surface area contributed by atoms with Gasteiger partial charge in [-0.15, -0.1) is 0 Å². The molecule has 0 atom stereocenters. The average Bonchev–Trinajstić information content (AvgIpc) is 3.04. The van der Waals surface area contributed by atoms with Crippen LogP contribution < -0.4 is 22.2 Å². The van der Waals surface area contributed by atoms with Crippen LogP contribution in [0.25, 0.3) is 27.2 Å². The molecule has 28 heavy (non-hydrogen) atoms. The lowest BCUT2D eigenvalue weighted by molar-refractivity contribution is 0.482. The van der Waals surface area contributed by atoms with Crippen LogP contribution in [0.2, 0.25) is 0 Å². The summed E-state index contributed by atoms with van der Waals surface area (Å²) < 4.78 is 34.3. The largest absolute Gasteiger partial charge is 0.296 e. The molecule has 0 bridgehead atoms. The summed E-state index contributed by atoms with van der Waals surface area (Å²) in [5.74, 6) is 0. The van der Waals surface area contributed by atoms with Gasteiger partial charge in [-0.3, -0.25) is 28.3 Å². The van der Waals surface area contributed by atoms with Crippen molar-refractivity contribution in [2.24, 2.45) is 0 Å². The monoisotopic (exact) mass is 400 g/mol. The van der Waals surface area contributed by atoms with Gasteiger partial charge in [0.2, 0.25) is 0 Å². The number of fused-ring (bicyclic) bond motifs is 2. The highest BCUT2D eigenvalue weighted by molar-refractivity contribution is 7.86. The van der Waals surface area contributed by atoms with E-state index in [-0.39, 0.29) is 33.8 Å². The summed E-state index contributed by atoms with van der Waals surface area (Å²) in [5.41, 5.74) is -3.16. The summed E-state index contributed by atoms with van der Waals surface area (Å²) in [7, 11) is -4.70. The first-order valence-electron chi connectivity index (χ1n) is 8.16. The van der Waals surface area contributed by atoms with Crippen LogP contribution in [-0.4, -0.2) is 22.1 Å². The van der Waals surface area contributed by atoms with Crippen molar-refractivity contribution in [2.75, 3.05) is 0 Å². The minimum absolute atomic E-state index is 0.0108. The van der Waals surface area contributed by atoms with Gasteiger partial charge in [-0.25, -0.2) is 4.57 Å². The van der Waals surface area contributed by atoms with Crippen LogP contribution in [0.4, 0.5) is 0 Å². The fraction of sp³-hybridized carbons (Fsp3) is 0.111. The second-order valence-electron chi connectivity index (χ2n) is 6.19. The highest BCUT2D eigenvalue weighted by Gasteiger charge is 2.23. The fourth-order valence-electron chi connectivity index (χ4n) is 3.39. The molecule has 142 valence electrons. The van der Waals surface area contributed by atoms with Crippen LogP contribution in [0.15, 0.2) is 60.5 Å². The van der Waals surface area contributed by atoms with Gasteiger partial charge in [0.25, 0.3) is 32.4 Å². The Morgan fingerprint density at radius 1 is 0.821 bits per heavy atom. The van der Waals surface area contributed by atoms with Crippen molar-refractivity contribution in [1.29, 1.82) is 0 Å². The van der Waals surface area contributed by atoms with Crippen molar-refractivity contribution in [1.82, 2.24) is 9.13 Å². The van der Waals surface area contributed by atoms with E-state index in [9.17, 15) is 32.1 Å². The molecule has 0 fully saturated rings. The van der Waals surface area contributed by atoms with E-state index in [1.54, 1.807) is 6.92 Å². The lowest BCUT2D eigenvalue weighted by atomic mass is 10.1. The Bertz CT molecular complexity index is 1520. The molecule has 10 heteroatoms. The zero-order valence-electron chi connectivity index (χ0n) is 14.4. The maximum Gasteiger partial charge on any atom is 0.296 e. The zero-order valence-corrected chi connectivity index (χ0v) is 15.2. The molecule has 0 saturated heterocycles. The topological polar surface area (TPSA) is 133 Å². The summed E-state index contributed by atoms with van der Waals surface area (Å²) in [4.78, 5) is 49.8. The average molecular weight is 400 g/mol. The minimum Gasteiger partial charge on any atom is -0.282 e. The lowest BCUT2D eigenvalue weighted by Gasteiger charge is -2.05. The molecule has 4 aromatic rings. The fourth-order valence-corrected chi connectivity index (χ4v) is 4.06. The number of rotatable bonds is 3. The van der Waals surface area contributed by atoms with Gasteiger partial charge in [-0.1, -0.05) is 12.1 Å². The molecule has 0 unspecified atom stereocenters. The number of aromatic nitrogens is 2. The number of hydrogen-bond acceptors (Lipinski definition) is 6. The van der Waals surface area contributed by atoms with Gasteiger partial charge < -0.3 is 0 Å². The second-order valence-corrected chi connectivity index (χ2v) is 7.58. The van der Waals surface area contributed by atoms with Crippen molar-refractivity contribution >= 4 is 31.7 Å². The van der Waals surface area contributed by atoms with Gasteiger partial charge in [-0.2, -0.15) is 8.42 Å². The van der Waals surface area contributed by atoms with Gasteiger partial charge >= 0.3 is 0 Å². The molecule has 2 aromatic heterocycles. The predicted molar refractivity (Wildman–Crippen MR) is 102 cm³/mol. The Kier molecular flexibility index (Phi) is 3.74. The first-order chi connectivity index (χ1) is 13.2. The van der Waals surface area contributed by atoms with Crippen LogP contribution in [0.3, 0.4) is 0 Å². The molecule has 0 radical (unpaired) electrons. The third-order valence-electron chi connectivity index (χ3n) is 4.68. The highest BCUT2D eigenvalue weighted by atomic mass is 32.2. The standard InChI is InChI=1S/C18H12N2O7S/c1-2-19-15(21)9-7-11-12(8-10(9)16(19)22)18(24)20(17(11)23)13-5-3-4-6-14(13)28(25,26)27/h3-8H,2H2,1H3,(H,25,26,27). The van der Waals surface area contributed by atoms with Gasteiger partial charge in [0.05, 0.1) is 27.2 Å². The van der Waals surface area contributed by atoms with E-state index in [0.29, 0.717) is 4.57 Å². The molecule has 0 aliphatic carbocycles. The van der Waals surface area contributed by atoms with Crippen molar-refractivity contribution in [3.63, 3.8) is 0 Å². The molecule has 0 saturated carbocycles. The molecular weight excluding hydrogens is 388 g/mol. The van der Waals surface area contributed by atoms with E-state index in [1.165, 1.54) is 30.3 Å². The summed E-state index contributed by atoms with van der Waals surface area (Å²) >= 11 is 0. The molecular formula is C18H12N2O7S. The molecule has 1 N–H and O–H groups in total. The first kappa shape index (κ1) is 18.0. The SMILES string of the molecule is CCn1c(=O)c2cc3c(=O)n(-c4ccccc4S(=O)(=O)O)c(=O)c3cc2c1=O. The molecule has 0 spiro atoms. The summed E-state index contributed by atoms with van der Waals surface area (Å²) in [5, 5.41) is -0.214. The molecule has 0 aliphatic rings. The lowest BCUT2D eigenvalue weighted by Crippen LogP contribution is -2.25. The van der Waals surface area contributed by atoms with Crippen molar-refractivity contribution in [3.8, 4) is 5.69 Å². The van der Waals surface area contributed by atoms with Gasteiger partial charge in [0, 0.05) is 6.54 Å². The van der Waals surface area contributed by atoms with E-state index in [0.717, 1.165) is 10.6 Å². The van der Waals surface area contributed by atoms with E-state index < -0.39 is 37.3 Å². The van der Waals surface area contributed by atoms with Crippen LogP contribution in [0.1, 0.15) is 6.92 Å². The minimum atomic E-state index is -4.70. The normalized spacial score (nSPS) is 12.2. The van der Waals surface area contributed by atoms with E-state index in [1.807, 2.05) is 0 Å². The smallest absolute Gasteiger partial charge is 0.282 e. The summed E-state index contributed by atoms with van der Waals surface area (Å²) in [6.07, 6.45) is 0. The number of nitrogens with zero attached hydrogens (tertiary/aromatic N) is 2.